The van der Waals surface area contributed by atoms with Gasteiger partial charge in [0.2, 0.25) is 5.95 Å². The molecule has 1 heterocycles. The Hall–Kier alpha value is -3.09. The number of hydrogen-bond acceptors (Lipinski definition) is 4. The van der Waals surface area contributed by atoms with Gasteiger partial charge in [-0.05, 0) is 42.2 Å². The van der Waals surface area contributed by atoms with Crippen molar-refractivity contribution in [3.8, 4) is 0 Å². The Morgan fingerprint density at radius 2 is 1.66 bits per heavy atom. The number of para-hydroxylation sites is 1. The van der Waals surface area contributed by atoms with Gasteiger partial charge in [-0.2, -0.15) is 18.2 Å². The zero-order valence-electron chi connectivity index (χ0n) is 16.7. The van der Waals surface area contributed by atoms with Crippen molar-refractivity contribution < 1.29 is 13.2 Å². The monoisotopic (exact) mass is 400 g/mol. The summed E-state index contributed by atoms with van der Waals surface area (Å²) < 4.78 is 40.5. The van der Waals surface area contributed by atoms with Crippen molar-refractivity contribution in [2.45, 2.75) is 32.9 Å². The number of rotatable bonds is 5. The highest BCUT2D eigenvalue weighted by Gasteiger charge is 2.35. The summed E-state index contributed by atoms with van der Waals surface area (Å²) in [6.45, 7) is 6.04. The van der Waals surface area contributed by atoms with Crippen molar-refractivity contribution >= 4 is 23.1 Å². The van der Waals surface area contributed by atoms with Gasteiger partial charge < -0.3 is 10.2 Å². The Labute approximate surface area is 168 Å². The Balaban J connectivity index is 1.99. The Kier molecular flexibility index (Phi) is 5.77. The van der Waals surface area contributed by atoms with Gasteiger partial charge in [-0.3, -0.25) is 0 Å². The molecule has 0 spiro atoms. The number of nitrogens with one attached hydrogen (secondary N) is 1. The summed E-state index contributed by atoms with van der Waals surface area (Å²) >= 11 is 0. The van der Waals surface area contributed by atoms with Gasteiger partial charge in [-0.25, -0.2) is 4.98 Å². The Bertz CT molecular complexity index is 982. The van der Waals surface area contributed by atoms with Gasteiger partial charge in [0, 0.05) is 24.6 Å². The van der Waals surface area contributed by atoms with E-state index in [9.17, 15) is 13.2 Å². The highest BCUT2D eigenvalue weighted by molar-refractivity contribution is 5.65. The number of aromatic nitrogens is 2. The van der Waals surface area contributed by atoms with Crippen molar-refractivity contribution in [1.82, 2.24) is 9.97 Å². The summed E-state index contributed by atoms with van der Waals surface area (Å²) in [7, 11) is 1.73. The van der Waals surface area contributed by atoms with Gasteiger partial charge in [0.15, 0.2) is 0 Å². The first-order valence-corrected chi connectivity index (χ1v) is 9.27. The van der Waals surface area contributed by atoms with E-state index in [-0.39, 0.29) is 11.8 Å². The van der Waals surface area contributed by atoms with Crippen LogP contribution in [-0.4, -0.2) is 17.0 Å². The molecule has 1 N–H and O–H groups in total. The quantitative estimate of drug-likeness (QED) is 0.535. The van der Waals surface area contributed by atoms with E-state index in [2.05, 4.69) is 29.1 Å². The van der Waals surface area contributed by atoms with E-state index in [4.69, 9.17) is 0 Å². The molecule has 0 aliphatic carbocycles. The first-order valence-electron chi connectivity index (χ1n) is 9.27. The molecule has 0 aliphatic heterocycles. The smallest absolute Gasteiger partial charge is 0.340 e. The van der Waals surface area contributed by atoms with Crippen molar-refractivity contribution in [1.29, 1.82) is 0 Å². The van der Waals surface area contributed by atoms with Gasteiger partial charge in [0.25, 0.3) is 0 Å². The Morgan fingerprint density at radius 1 is 1.00 bits per heavy atom. The molecule has 3 aromatic rings. The maximum absolute atomic E-state index is 13.5. The molecular weight excluding hydrogens is 377 g/mol. The van der Waals surface area contributed by atoms with E-state index < -0.39 is 11.7 Å². The van der Waals surface area contributed by atoms with Crippen LogP contribution in [0.4, 0.5) is 36.3 Å². The summed E-state index contributed by atoms with van der Waals surface area (Å²) in [5.41, 5.74) is 2.52. The van der Waals surface area contributed by atoms with Crippen molar-refractivity contribution in [2.24, 2.45) is 0 Å². The molecule has 0 bridgehead atoms. The molecular formula is C22H23F3N4. The molecule has 0 radical (unpaired) electrons. The molecule has 4 nitrogen and oxygen atoms in total. The lowest BCUT2D eigenvalue weighted by molar-refractivity contribution is -0.137. The fourth-order valence-electron chi connectivity index (χ4n) is 2.97. The third kappa shape index (κ3) is 4.67. The first-order chi connectivity index (χ1) is 13.7. The predicted molar refractivity (Wildman–Crippen MR) is 110 cm³/mol. The topological polar surface area (TPSA) is 41.1 Å². The number of benzene rings is 2. The van der Waals surface area contributed by atoms with Crippen molar-refractivity contribution in [3.63, 3.8) is 0 Å². The molecule has 0 fully saturated rings. The number of nitrogens with zero attached hydrogens (tertiary/aromatic N) is 3. The molecule has 0 saturated heterocycles. The van der Waals surface area contributed by atoms with Crippen LogP contribution in [0.15, 0.2) is 54.7 Å². The van der Waals surface area contributed by atoms with E-state index in [1.807, 2.05) is 43.3 Å². The largest absolute Gasteiger partial charge is 0.421 e. The average Bonchev–Trinajstić information content (AvgIpc) is 2.67. The maximum Gasteiger partial charge on any atom is 0.421 e. The van der Waals surface area contributed by atoms with Crippen molar-refractivity contribution in [2.75, 3.05) is 17.3 Å². The minimum absolute atomic E-state index is 0.175. The van der Waals surface area contributed by atoms with E-state index >= 15 is 0 Å². The third-order valence-corrected chi connectivity index (χ3v) is 4.70. The number of alkyl halides is 3. The summed E-state index contributed by atoms with van der Waals surface area (Å²) in [5.74, 6) is 0.233. The lowest BCUT2D eigenvalue weighted by Crippen LogP contribution is -2.18. The highest BCUT2D eigenvalue weighted by atomic mass is 19.4. The normalized spacial score (nSPS) is 11.6. The molecule has 0 atom stereocenters. The molecule has 3 rings (SSSR count). The summed E-state index contributed by atoms with van der Waals surface area (Å²) in [6, 6.07) is 14.8. The van der Waals surface area contributed by atoms with E-state index in [1.165, 1.54) is 0 Å². The summed E-state index contributed by atoms with van der Waals surface area (Å²) in [5, 5.41) is 2.81. The van der Waals surface area contributed by atoms with Crippen molar-refractivity contribution in [3.05, 3.63) is 71.4 Å². The van der Waals surface area contributed by atoms with Crippen LogP contribution in [0.5, 0.6) is 0 Å². The molecule has 2 aromatic carbocycles. The second kappa shape index (κ2) is 8.11. The van der Waals surface area contributed by atoms with E-state index in [1.54, 1.807) is 24.1 Å². The van der Waals surface area contributed by atoms with Crippen LogP contribution in [0.1, 0.15) is 36.5 Å². The lowest BCUT2D eigenvalue weighted by Gasteiger charge is -2.21. The van der Waals surface area contributed by atoms with Crippen LogP contribution in [0.2, 0.25) is 0 Å². The maximum atomic E-state index is 13.5. The van der Waals surface area contributed by atoms with Crippen LogP contribution in [0, 0.1) is 6.92 Å². The van der Waals surface area contributed by atoms with Gasteiger partial charge >= 0.3 is 6.18 Å². The van der Waals surface area contributed by atoms with Crippen LogP contribution in [0.3, 0.4) is 0 Å². The van der Waals surface area contributed by atoms with Crippen LogP contribution in [0.25, 0.3) is 0 Å². The van der Waals surface area contributed by atoms with Gasteiger partial charge in [0.1, 0.15) is 11.4 Å². The second-order valence-electron chi connectivity index (χ2n) is 7.18. The summed E-state index contributed by atoms with van der Waals surface area (Å²) in [4.78, 5) is 9.82. The van der Waals surface area contributed by atoms with Crippen LogP contribution >= 0.6 is 0 Å². The number of anilines is 4. The van der Waals surface area contributed by atoms with E-state index in [0.717, 1.165) is 23.0 Å². The highest BCUT2D eigenvalue weighted by Crippen LogP contribution is 2.36. The molecule has 0 aliphatic rings. The van der Waals surface area contributed by atoms with Gasteiger partial charge in [0.05, 0.1) is 0 Å². The zero-order valence-corrected chi connectivity index (χ0v) is 16.7. The van der Waals surface area contributed by atoms with Gasteiger partial charge in [-0.15, -0.1) is 0 Å². The molecule has 1 aromatic heterocycles. The molecule has 0 amide bonds. The molecule has 0 saturated carbocycles. The summed E-state index contributed by atoms with van der Waals surface area (Å²) in [6.07, 6.45) is -3.75. The number of halogens is 3. The van der Waals surface area contributed by atoms with E-state index in [0.29, 0.717) is 11.6 Å². The fourth-order valence-corrected chi connectivity index (χ4v) is 2.97. The number of aryl methyl sites for hydroxylation is 1. The molecule has 7 heteroatoms. The predicted octanol–water partition coefficient (Wildman–Crippen LogP) is 6.44. The molecule has 152 valence electrons. The van der Waals surface area contributed by atoms with Crippen LogP contribution in [-0.2, 0) is 6.18 Å². The second-order valence-corrected chi connectivity index (χ2v) is 7.18. The fraction of sp³-hybridized carbons (Fsp3) is 0.273. The molecule has 0 unspecified atom stereocenters. The van der Waals surface area contributed by atoms with Gasteiger partial charge in [-0.1, -0.05) is 44.2 Å². The average molecular weight is 400 g/mol. The minimum Gasteiger partial charge on any atom is -0.340 e. The Morgan fingerprint density at radius 3 is 2.24 bits per heavy atom. The standard InChI is InChI=1S/C22H23F3N4/c1-14(2)16-9-11-17(12-10-16)27-20-18(22(23,24)25)13-26-21(28-20)29(4)19-8-6-5-7-15(19)3/h5-14H,1-4H3,(H,26,27,28). The molecule has 29 heavy (non-hydrogen) atoms. The zero-order chi connectivity index (χ0) is 21.2. The first kappa shape index (κ1) is 20.6. The number of hydrogen-bond donors (Lipinski definition) is 1. The third-order valence-electron chi connectivity index (χ3n) is 4.70. The minimum atomic E-state index is -4.57. The lowest BCUT2D eigenvalue weighted by atomic mass is 10.0. The SMILES string of the molecule is Cc1ccccc1N(C)c1ncc(C(F)(F)F)c(Nc2ccc(C(C)C)cc2)n1. The van der Waals surface area contributed by atoms with Crippen LogP contribution < -0.4 is 10.2 Å².